The Bertz CT molecular complexity index is 585. The van der Waals surface area contributed by atoms with Crippen LogP contribution >= 0.6 is 15.9 Å². The number of halogens is 4. The van der Waals surface area contributed by atoms with Gasteiger partial charge in [-0.15, -0.1) is 0 Å². The molecule has 1 fully saturated rings. The molecule has 1 atom stereocenters. The van der Waals surface area contributed by atoms with Gasteiger partial charge in [0.2, 0.25) is 5.91 Å². The van der Waals surface area contributed by atoms with Gasteiger partial charge in [0.05, 0.1) is 23.4 Å². The number of amides is 1. The number of ether oxygens (including phenoxy) is 1. The molecule has 1 aromatic heterocycles. The predicted molar refractivity (Wildman–Crippen MR) is 84.6 cm³/mol. The lowest BCUT2D eigenvalue weighted by molar-refractivity contribution is -0.142. The van der Waals surface area contributed by atoms with Crippen LogP contribution in [0.1, 0.15) is 24.4 Å². The number of morpholine rings is 1. The van der Waals surface area contributed by atoms with Crippen LogP contribution < -0.4 is 5.32 Å². The summed E-state index contributed by atoms with van der Waals surface area (Å²) >= 11 is 2.91. The van der Waals surface area contributed by atoms with Crippen LogP contribution in [0.2, 0.25) is 0 Å². The van der Waals surface area contributed by atoms with Crippen LogP contribution in [0.4, 0.5) is 13.2 Å². The lowest BCUT2D eigenvalue weighted by atomic mass is 10.3. The Morgan fingerprint density at radius 1 is 1.42 bits per heavy atom. The second-order valence-electron chi connectivity index (χ2n) is 5.61. The molecule has 136 valence electrons. The van der Waals surface area contributed by atoms with Crippen molar-refractivity contribution >= 4 is 21.8 Å². The van der Waals surface area contributed by atoms with Gasteiger partial charge in [0, 0.05) is 26.2 Å². The molecule has 1 saturated heterocycles. The van der Waals surface area contributed by atoms with Gasteiger partial charge in [0.15, 0.2) is 5.69 Å². The zero-order valence-electron chi connectivity index (χ0n) is 13.5. The molecular formula is C14H20BrF3N4O2. The molecule has 0 aromatic carbocycles. The summed E-state index contributed by atoms with van der Waals surface area (Å²) < 4.78 is 44.9. The van der Waals surface area contributed by atoms with E-state index in [1.54, 1.807) is 0 Å². The highest BCUT2D eigenvalue weighted by Crippen LogP contribution is 2.36. The lowest BCUT2D eigenvalue weighted by Gasteiger charge is -2.26. The highest BCUT2D eigenvalue weighted by atomic mass is 79.9. The number of nitrogens with zero attached hydrogens (tertiary/aromatic N) is 3. The smallest absolute Gasteiger partial charge is 0.379 e. The highest BCUT2D eigenvalue weighted by Gasteiger charge is 2.38. The number of aromatic nitrogens is 2. The van der Waals surface area contributed by atoms with E-state index < -0.39 is 17.9 Å². The SMILES string of the molecule is Cc1c(Br)c(C(F)(F)F)nn1[C@@H](C)C(=O)NCCN1CCOCC1. The van der Waals surface area contributed by atoms with Gasteiger partial charge in [0.25, 0.3) is 0 Å². The van der Waals surface area contributed by atoms with Crippen LogP contribution in [0.5, 0.6) is 0 Å². The van der Waals surface area contributed by atoms with Crippen molar-refractivity contribution < 1.29 is 22.7 Å². The van der Waals surface area contributed by atoms with Crippen LogP contribution in [-0.2, 0) is 15.7 Å². The molecule has 0 saturated carbocycles. The van der Waals surface area contributed by atoms with Crippen molar-refractivity contribution in [1.29, 1.82) is 0 Å². The molecule has 1 aromatic rings. The second-order valence-corrected chi connectivity index (χ2v) is 6.40. The first-order chi connectivity index (χ1) is 11.2. The molecule has 10 heteroatoms. The van der Waals surface area contributed by atoms with E-state index in [2.05, 4.69) is 31.2 Å². The number of carbonyl (C=O) groups excluding carboxylic acids is 1. The quantitative estimate of drug-likeness (QED) is 0.803. The Hall–Kier alpha value is -1.13. The van der Waals surface area contributed by atoms with Crippen molar-refractivity contribution in [3.8, 4) is 0 Å². The first-order valence-corrected chi connectivity index (χ1v) is 8.40. The molecule has 24 heavy (non-hydrogen) atoms. The van der Waals surface area contributed by atoms with E-state index in [9.17, 15) is 18.0 Å². The Morgan fingerprint density at radius 3 is 2.58 bits per heavy atom. The summed E-state index contributed by atoms with van der Waals surface area (Å²) in [6, 6.07) is -0.831. The van der Waals surface area contributed by atoms with Gasteiger partial charge in [-0.2, -0.15) is 18.3 Å². The zero-order valence-corrected chi connectivity index (χ0v) is 15.1. The summed E-state index contributed by atoms with van der Waals surface area (Å²) in [5, 5.41) is 6.30. The standard InChI is InChI=1S/C14H20BrF3N4O2/c1-9-11(15)12(14(16,17)18)20-22(9)10(2)13(23)19-3-4-21-5-7-24-8-6-21/h10H,3-8H2,1-2H3,(H,19,23)/t10-/m0/s1. The van der Waals surface area contributed by atoms with Crippen LogP contribution in [0.15, 0.2) is 4.47 Å². The molecule has 1 amide bonds. The second kappa shape index (κ2) is 7.83. The van der Waals surface area contributed by atoms with Crippen LogP contribution in [-0.4, -0.2) is 60.0 Å². The van der Waals surface area contributed by atoms with Gasteiger partial charge >= 0.3 is 6.18 Å². The number of nitrogens with one attached hydrogen (secondary N) is 1. The first-order valence-electron chi connectivity index (χ1n) is 7.61. The fraction of sp³-hybridized carbons (Fsp3) is 0.714. The third-order valence-corrected chi connectivity index (χ3v) is 4.87. The van der Waals surface area contributed by atoms with Crippen molar-refractivity contribution in [1.82, 2.24) is 20.0 Å². The maximum atomic E-state index is 12.9. The van der Waals surface area contributed by atoms with Gasteiger partial charge < -0.3 is 10.1 Å². The number of carbonyl (C=O) groups is 1. The highest BCUT2D eigenvalue weighted by molar-refractivity contribution is 9.10. The van der Waals surface area contributed by atoms with Gasteiger partial charge in [-0.1, -0.05) is 0 Å². The zero-order chi connectivity index (χ0) is 17.9. The summed E-state index contributed by atoms with van der Waals surface area (Å²) in [7, 11) is 0. The maximum absolute atomic E-state index is 12.9. The maximum Gasteiger partial charge on any atom is 0.436 e. The molecule has 6 nitrogen and oxygen atoms in total. The van der Waals surface area contributed by atoms with Gasteiger partial charge in [-0.25, -0.2) is 0 Å². The summed E-state index contributed by atoms with van der Waals surface area (Å²) in [6.45, 7) is 7.09. The first kappa shape index (κ1) is 19.2. The van der Waals surface area contributed by atoms with E-state index in [0.717, 1.165) is 17.8 Å². The third kappa shape index (κ3) is 4.48. The summed E-state index contributed by atoms with van der Waals surface area (Å²) in [6.07, 6.45) is -4.57. The number of hydrogen-bond acceptors (Lipinski definition) is 4. The summed E-state index contributed by atoms with van der Waals surface area (Å²) in [4.78, 5) is 14.4. The fourth-order valence-corrected chi connectivity index (χ4v) is 2.96. The minimum Gasteiger partial charge on any atom is -0.379 e. The molecule has 0 aliphatic carbocycles. The van der Waals surface area contributed by atoms with Crippen LogP contribution in [0, 0.1) is 6.92 Å². The molecule has 0 unspecified atom stereocenters. The average Bonchev–Trinajstić information content (AvgIpc) is 2.83. The third-order valence-electron chi connectivity index (χ3n) is 3.92. The Balaban J connectivity index is 1.95. The van der Waals surface area contributed by atoms with E-state index in [0.29, 0.717) is 26.3 Å². The largest absolute Gasteiger partial charge is 0.436 e. The number of hydrogen-bond donors (Lipinski definition) is 1. The lowest BCUT2D eigenvalue weighted by Crippen LogP contribution is -2.42. The van der Waals surface area contributed by atoms with Gasteiger partial charge in [-0.05, 0) is 29.8 Å². The monoisotopic (exact) mass is 412 g/mol. The minimum atomic E-state index is -4.57. The molecule has 0 bridgehead atoms. The minimum absolute atomic E-state index is 0.136. The van der Waals surface area contributed by atoms with E-state index in [4.69, 9.17) is 4.74 Å². The number of alkyl halides is 3. The van der Waals surface area contributed by atoms with E-state index >= 15 is 0 Å². The molecule has 1 aliphatic rings. The van der Waals surface area contributed by atoms with Crippen LogP contribution in [0.3, 0.4) is 0 Å². The van der Waals surface area contributed by atoms with Crippen molar-refractivity contribution in [2.24, 2.45) is 0 Å². The molecule has 1 aliphatic heterocycles. The van der Waals surface area contributed by atoms with Crippen molar-refractivity contribution in [3.63, 3.8) is 0 Å². The Labute approximate surface area is 146 Å². The topological polar surface area (TPSA) is 59.4 Å². The Morgan fingerprint density at radius 2 is 2.04 bits per heavy atom. The van der Waals surface area contributed by atoms with E-state index in [1.807, 2.05) is 0 Å². The molecule has 0 spiro atoms. The average molecular weight is 413 g/mol. The summed E-state index contributed by atoms with van der Waals surface area (Å²) in [5.41, 5.74) is -0.758. The fourth-order valence-electron chi connectivity index (χ4n) is 2.48. The van der Waals surface area contributed by atoms with Gasteiger partial charge in [-0.3, -0.25) is 14.4 Å². The molecule has 0 radical (unpaired) electrons. The normalized spacial score (nSPS) is 17.8. The summed E-state index contributed by atoms with van der Waals surface area (Å²) in [5.74, 6) is -0.366. The van der Waals surface area contributed by atoms with E-state index in [-0.39, 0.29) is 16.1 Å². The molecule has 1 N–H and O–H groups in total. The molecule has 2 rings (SSSR count). The molecule has 2 heterocycles. The van der Waals surface area contributed by atoms with Crippen molar-refractivity contribution in [3.05, 3.63) is 15.9 Å². The predicted octanol–water partition coefficient (Wildman–Crippen LogP) is 1.98. The van der Waals surface area contributed by atoms with Gasteiger partial charge in [0.1, 0.15) is 6.04 Å². The van der Waals surface area contributed by atoms with E-state index in [1.165, 1.54) is 13.8 Å². The van der Waals surface area contributed by atoms with Crippen LogP contribution in [0.25, 0.3) is 0 Å². The molecular weight excluding hydrogens is 393 g/mol. The number of rotatable bonds is 5. The van der Waals surface area contributed by atoms with Crippen molar-refractivity contribution in [2.45, 2.75) is 26.1 Å². The Kier molecular flexibility index (Phi) is 6.27. The van der Waals surface area contributed by atoms with Crippen molar-refractivity contribution in [2.75, 3.05) is 39.4 Å².